The second-order valence-corrected chi connectivity index (χ2v) is 5.46. The molecule has 0 spiro atoms. The van der Waals surface area contributed by atoms with Crippen LogP contribution in [0.2, 0.25) is 0 Å². The number of amides is 1. The Bertz CT molecular complexity index is 468. The van der Waals surface area contributed by atoms with Crippen LogP contribution < -0.4 is 5.32 Å². The molecule has 0 aromatic carbocycles. The Hall–Kier alpha value is -1.37. The number of pyridine rings is 1. The quantitative estimate of drug-likeness (QED) is 0.823. The average molecular weight is 276 g/mol. The van der Waals surface area contributed by atoms with Crippen molar-refractivity contribution >= 4 is 16.7 Å². The van der Waals surface area contributed by atoms with Gasteiger partial charge in [0.1, 0.15) is 0 Å². The van der Waals surface area contributed by atoms with E-state index in [0.717, 1.165) is 12.3 Å². The number of nitrogens with one attached hydrogen (secondary N) is 1. The molecule has 0 aliphatic carbocycles. The second kappa shape index (κ2) is 6.53. The van der Waals surface area contributed by atoms with Crippen molar-refractivity contribution in [2.75, 3.05) is 12.0 Å². The number of hydrogen-bond donors (Lipinski definition) is 1. The van der Waals surface area contributed by atoms with Crippen LogP contribution in [-0.2, 0) is 10.8 Å². The molecule has 1 heterocycles. The Morgan fingerprint density at radius 1 is 1.56 bits per heavy atom. The molecule has 2 unspecified atom stereocenters. The Balaban J connectivity index is 2.65. The third-order valence-corrected chi connectivity index (χ3v) is 3.12. The van der Waals surface area contributed by atoms with E-state index in [9.17, 15) is 17.8 Å². The standard InChI is InChI=1S/C11H14F2N2O2S/c1-7(4-6-18(2)17)15-11(16)8-3-5-14-10(13)9(8)12/h3,5,7H,4,6H2,1-2H3,(H,15,16). The van der Waals surface area contributed by atoms with Gasteiger partial charge in [-0.3, -0.25) is 9.00 Å². The van der Waals surface area contributed by atoms with E-state index in [4.69, 9.17) is 0 Å². The number of hydrogen-bond acceptors (Lipinski definition) is 3. The first-order valence-corrected chi connectivity index (χ1v) is 7.05. The van der Waals surface area contributed by atoms with E-state index in [0.29, 0.717) is 12.2 Å². The highest BCUT2D eigenvalue weighted by Crippen LogP contribution is 2.09. The highest BCUT2D eigenvalue weighted by Gasteiger charge is 2.17. The zero-order valence-electron chi connectivity index (χ0n) is 10.1. The minimum absolute atomic E-state index is 0.267. The molecular weight excluding hydrogens is 262 g/mol. The first-order valence-electron chi connectivity index (χ1n) is 5.32. The van der Waals surface area contributed by atoms with Crippen LogP contribution in [0.3, 0.4) is 0 Å². The van der Waals surface area contributed by atoms with E-state index in [-0.39, 0.29) is 11.6 Å². The maximum atomic E-state index is 13.3. The third-order valence-electron chi connectivity index (χ3n) is 2.31. The largest absolute Gasteiger partial charge is 0.349 e. The summed E-state index contributed by atoms with van der Waals surface area (Å²) in [6.07, 6.45) is 3.09. The molecule has 1 amide bonds. The van der Waals surface area contributed by atoms with Crippen LogP contribution in [0.4, 0.5) is 8.78 Å². The molecule has 1 aromatic rings. The molecule has 1 aromatic heterocycles. The summed E-state index contributed by atoms with van der Waals surface area (Å²) in [6, 6.07) is 0.843. The van der Waals surface area contributed by atoms with Gasteiger partial charge in [0.15, 0.2) is 5.82 Å². The van der Waals surface area contributed by atoms with Crippen LogP contribution in [-0.4, -0.2) is 33.2 Å². The molecule has 0 bridgehead atoms. The van der Waals surface area contributed by atoms with Crippen molar-refractivity contribution in [2.24, 2.45) is 0 Å². The topological polar surface area (TPSA) is 59.1 Å². The molecule has 0 fully saturated rings. The van der Waals surface area contributed by atoms with Crippen molar-refractivity contribution in [3.8, 4) is 0 Å². The van der Waals surface area contributed by atoms with Gasteiger partial charge in [0.2, 0.25) is 5.95 Å². The number of carbonyl (C=O) groups is 1. The van der Waals surface area contributed by atoms with Crippen LogP contribution in [0.15, 0.2) is 12.3 Å². The lowest BCUT2D eigenvalue weighted by Crippen LogP contribution is -2.34. The van der Waals surface area contributed by atoms with E-state index in [1.54, 1.807) is 13.2 Å². The minimum atomic E-state index is -1.30. The zero-order valence-corrected chi connectivity index (χ0v) is 10.9. The summed E-state index contributed by atoms with van der Waals surface area (Å²) in [4.78, 5) is 14.7. The molecule has 1 N–H and O–H groups in total. The van der Waals surface area contributed by atoms with E-state index in [1.807, 2.05) is 0 Å². The Kier molecular flexibility index (Phi) is 5.33. The number of carbonyl (C=O) groups excluding carboxylic acids is 1. The zero-order chi connectivity index (χ0) is 13.7. The molecule has 2 atom stereocenters. The Morgan fingerprint density at radius 2 is 2.22 bits per heavy atom. The average Bonchev–Trinajstić information content (AvgIpc) is 2.30. The molecule has 1 rings (SSSR count). The minimum Gasteiger partial charge on any atom is -0.349 e. The smallest absolute Gasteiger partial charge is 0.254 e. The van der Waals surface area contributed by atoms with Gasteiger partial charge in [-0.15, -0.1) is 0 Å². The third kappa shape index (κ3) is 4.14. The highest BCUT2D eigenvalue weighted by atomic mass is 32.2. The van der Waals surface area contributed by atoms with Gasteiger partial charge in [-0.2, -0.15) is 4.39 Å². The molecular formula is C11H14F2N2O2S. The van der Waals surface area contributed by atoms with Crippen molar-refractivity contribution in [1.82, 2.24) is 10.3 Å². The summed E-state index contributed by atoms with van der Waals surface area (Å²) in [6.45, 7) is 1.71. The molecule has 7 heteroatoms. The highest BCUT2D eigenvalue weighted by molar-refractivity contribution is 7.84. The Labute approximate surface area is 106 Å². The lowest BCUT2D eigenvalue weighted by Gasteiger charge is -2.13. The summed E-state index contributed by atoms with van der Waals surface area (Å²) in [5.41, 5.74) is -0.382. The molecule has 0 saturated carbocycles. The van der Waals surface area contributed by atoms with E-state index in [2.05, 4.69) is 10.3 Å². The number of halogens is 2. The van der Waals surface area contributed by atoms with Crippen LogP contribution in [0.25, 0.3) is 0 Å². The number of rotatable bonds is 5. The molecule has 0 aliphatic heterocycles. The van der Waals surface area contributed by atoms with Crippen molar-refractivity contribution < 1.29 is 17.8 Å². The lowest BCUT2D eigenvalue weighted by molar-refractivity contribution is 0.0934. The monoisotopic (exact) mass is 276 g/mol. The summed E-state index contributed by atoms with van der Waals surface area (Å²) in [5.74, 6) is -2.83. The summed E-state index contributed by atoms with van der Waals surface area (Å²) in [5, 5.41) is 2.51. The number of nitrogens with zero attached hydrogens (tertiary/aromatic N) is 1. The van der Waals surface area contributed by atoms with Crippen LogP contribution in [0, 0.1) is 11.8 Å². The van der Waals surface area contributed by atoms with Gasteiger partial charge >= 0.3 is 0 Å². The lowest BCUT2D eigenvalue weighted by atomic mass is 10.2. The predicted octanol–water partition coefficient (Wildman–Crippen LogP) is 1.25. The first kappa shape index (κ1) is 14.7. The van der Waals surface area contributed by atoms with Crippen molar-refractivity contribution in [3.63, 3.8) is 0 Å². The van der Waals surface area contributed by atoms with Gasteiger partial charge in [-0.25, -0.2) is 9.37 Å². The van der Waals surface area contributed by atoms with Gasteiger partial charge in [0.05, 0.1) is 5.56 Å². The predicted molar refractivity (Wildman–Crippen MR) is 64.6 cm³/mol. The Morgan fingerprint density at radius 3 is 2.83 bits per heavy atom. The van der Waals surface area contributed by atoms with Crippen LogP contribution >= 0.6 is 0 Å². The van der Waals surface area contributed by atoms with Gasteiger partial charge in [0.25, 0.3) is 5.91 Å². The van der Waals surface area contributed by atoms with Gasteiger partial charge < -0.3 is 5.32 Å². The van der Waals surface area contributed by atoms with Gasteiger partial charge in [-0.1, -0.05) is 0 Å². The normalized spacial score (nSPS) is 14.0. The molecule has 0 aliphatic rings. The van der Waals surface area contributed by atoms with E-state index >= 15 is 0 Å². The van der Waals surface area contributed by atoms with Gasteiger partial charge in [0, 0.05) is 35.0 Å². The first-order chi connectivity index (χ1) is 8.41. The fourth-order valence-electron chi connectivity index (χ4n) is 1.31. The fraction of sp³-hybridized carbons (Fsp3) is 0.455. The van der Waals surface area contributed by atoms with Crippen LogP contribution in [0.1, 0.15) is 23.7 Å². The molecule has 0 saturated heterocycles. The molecule has 100 valence electrons. The van der Waals surface area contributed by atoms with Crippen molar-refractivity contribution in [3.05, 3.63) is 29.6 Å². The summed E-state index contributed by atoms with van der Waals surface area (Å²) >= 11 is 0. The van der Waals surface area contributed by atoms with Crippen LogP contribution in [0.5, 0.6) is 0 Å². The van der Waals surface area contributed by atoms with Crippen molar-refractivity contribution in [2.45, 2.75) is 19.4 Å². The maximum absolute atomic E-state index is 13.3. The fourth-order valence-corrected chi connectivity index (χ4v) is 2.00. The molecule has 4 nitrogen and oxygen atoms in total. The SMILES string of the molecule is CC(CCS(C)=O)NC(=O)c1ccnc(F)c1F. The molecule has 18 heavy (non-hydrogen) atoms. The van der Waals surface area contributed by atoms with Crippen molar-refractivity contribution in [1.29, 1.82) is 0 Å². The van der Waals surface area contributed by atoms with Gasteiger partial charge in [-0.05, 0) is 19.4 Å². The maximum Gasteiger partial charge on any atom is 0.254 e. The molecule has 0 radical (unpaired) electrons. The van der Waals surface area contributed by atoms with E-state index < -0.39 is 28.5 Å². The number of aromatic nitrogens is 1. The summed E-state index contributed by atoms with van der Waals surface area (Å²) in [7, 11) is -0.949. The second-order valence-electron chi connectivity index (χ2n) is 3.90. The van der Waals surface area contributed by atoms with E-state index in [1.165, 1.54) is 0 Å². The summed E-state index contributed by atoms with van der Waals surface area (Å²) < 4.78 is 37.0.